The fraction of sp³-hybridized carbons (Fsp3) is 0.435. The molecule has 0 spiro atoms. The number of fused-ring (bicyclic) bond motifs is 1. The first-order valence-electron chi connectivity index (χ1n) is 9.82. The van der Waals surface area contributed by atoms with Crippen LogP contribution in [0, 0.1) is 13.8 Å². The lowest BCUT2D eigenvalue weighted by Crippen LogP contribution is -2.26. The van der Waals surface area contributed by atoms with Crippen molar-refractivity contribution in [1.82, 2.24) is 14.9 Å². The molecular formula is C23H29N3O3S. The number of aromatic nitrogens is 2. The molecular weight excluding hydrogens is 398 g/mol. The molecule has 0 aliphatic rings. The quantitative estimate of drug-likeness (QED) is 0.580. The van der Waals surface area contributed by atoms with Gasteiger partial charge in [0.05, 0.1) is 24.8 Å². The number of rotatable bonds is 5. The Hall–Kier alpha value is -2.67. The third-order valence-corrected chi connectivity index (χ3v) is 6.25. The van der Waals surface area contributed by atoms with Gasteiger partial charge in [0, 0.05) is 30.0 Å². The third kappa shape index (κ3) is 3.99. The maximum absolute atomic E-state index is 13.3. The minimum absolute atomic E-state index is 0.0444. The van der Waals surface area contributed by atoms with Crippen LogP contribution in [0.2, 0.25) is 0 Å². The Kier molecular flexibility index (Phi) is 6.04. The van der Waals surface area contributed by atoms with Crippen LogP contribution in [0.4, 0.5) is 0 Å². The number of ether oxygens (including phenoxy) is 2. The van der Waals surface area contributed by atoms with E-state index >= 15 is 0 Å². The molecule has 1 aromatic carbocycles. The third-order valence-electron chi connectivity index (χ3n) is 5.07. The zero-order chi connectivity index (χ0) is 22.2. The lowest BCUT2D eigenvalue weighted by atomic mass is 9.95. The van der Waals surface area contributed by atoms with Gasteiger partial charge in [-0.05, 0) is 25.5 Å². The minimum Gasteiger partial charge on any atom is -0.493 e. The van der Waals surface area contributed by atoms with Gasteiger partial charge in [0.15, 0.2) is 11.5 Å². The maximum Gasteiger partial charge on any atom is 0.264 e. The summed E-state index contributed by atoms with van der Waals surface area (Å²) < 4.78 is 10.9. The van der Waals surface area contributed by atoms with Gasteiger partial charge in [-0.15, -0.1) is 11.3 Å². The Morgan fingerprint density at radius 2 is 1.83 bits per heavy atom. The Morgan fingerprint density at radius 1 is 1.13 bits per heavy atom. The molecule has 0 fully saturated rings. The molecule has 2 heterocycles. The van der Waals surface area contributed by atoms with Crippen LogP contribution >= 0.6 is 11.3 Å². The summed E-state index contributed by atoms with van der Waals surface area (Å²) in [6, 6.07) is 5.68. The van der Waals surface area contributed by atoms with Crippen molar-refractivity contribution in [2.75, 3.05) is 21.3 Å². The van der Waals surface area contributed by atoms with Crippen molar-refractivity contribution in [3.05, 3.63) is 45.7 Å². The fourth-order valence-electron chi connectivity index (χ4n) is 3.46. The molecule has 0 unspecified atom stereocenters. The lowest BCUT2D eigenvalue weighted by molar-refractivity contribution is 0.0788. The van der Waals surface area contributed by atoms with Crippen LogP contribution in [0.15, 0.2) is 18.2 Å². The molecule has 160 valence electrons. The monoisotopic (exact) mass is 427 g/mol. The molecule has 0 saturated carbocycles. The lowest BCUT2D eigenvalue weighted by Gasteiger charge is -2.19. The molecule has 0 radical (unpaired) electrons. The minimum atomic E-state index is -0.152. The van der Waals surface area contributed by atoms with Gasteiger partial charge in [0.2, 0.25) is 0 Å². The number of para-hydroxylation sites is 1. The number of amides is 1. The predicted molar refractivity (Wildman–Crippen MR) is 121 cm³/mol. The first kappa shape index (κ1) is 22.0. The highest BCUT2D eigenvalue weighted by Gasteiger charge is 2.25. The molecule has 0 saturated heterocycles. The van der Waals surface area contributed by atoms with Gasteiger partial charge in [0.1, 0.15) is 10.7 Å². The standard InChI is InChI=1S/C23H29N3O3S/c1-13-17-14(2)24-22(23(3,4)5)25-20(17)30-19(13)21(27)26(6)12-15-10-9-11-16(28-7)18(15)29-8/h9-11H,12H2,1-8H3. The highest BCUT2D eigenvalue weighted by atomic mass is 32.1. The van der Waals surface area contributed by atoms with Gasteiger partial charge in [-0.1, -0.05) is 32.9 Å². The number of aryl methyl sites for hydroxylation is 2. The van der Waals surface area contributed by atoms with Crippen LogP contribution in [0.3, 0.4) is 0 Å². The summed E-state index contributed by atoms with van der Waals surface area (Å²) in [6.45, 7) is 10.6. The second kappa shape index (κ2) is 8.22. The van der Waals surface area contributed by atoms with Crippen molar-refractivity contribution in [1.29, 1.82) is 0 Å². The smallest absolute Gasteiger partial charge is 0.264 e. The van der Waals surface area contributed by atoms with E-state index in [0.717, 1.165) is 32.9 Å². The predicted octanol–water partition coefficient (Wildman–Crippen LogP) is 4.90. The molecule has 0 aliphatic heterocycles. The molecule has 7 heteroatoms. The van der Waals surface area contributed by atoms with Gasteiger partial charge in [-0.3, -0.25) is 4.79 Å². The molecule has 0 N–H and O–H groups in total. The van der Waals surface area contributed by atoms with E-state index in [-0.39, 0.29) is 11.3 Å². The van der Waals surface area contributed by atoms with Gasteiger partial charge >= 0.3 is 0 Å². The van der Waals surface area contributed by atoms with Crippen LogP contribution in [0.25, 0.3) is 10.2 Å². The normalized spacial score (nSPS) is 11.6. The fourth-order valence-corrected chi connectivity index (χ4v) is 4.68. The maximum atomic E-state index is 13.3. The van der Waals surface area contributed by atoms with Crippen LogP contribution < -0.4 is 9.47 Å². The van der Waals surface area contributed by atoms with E-state index in [0.29, 0.717) is 22.9 Å². The molecule has 3 aromatic rings. The molecule has 30 heavy (non-hydrogen) atoms. The number of methoxy groups -OCH3 is 2. The number of benzene rings is 1. The largest absolute Gasteiger partial charge is 0.493 e. The van der Waals surface area contributed by atoms with Crippen molar-refractivity contribution in [3.8, 4) is 11.5 Å². The Morgan fingerprint density at radius 3 is 2.43 bits per heavy atom. The zero-order valence-corrected chi connectivity index (χ0v) is 19.7. The van der Waals surface area contributed by atoms with Crippen LogP contribution in [-0.4, -0.2) is 42.0 Å². The van der Waals surface area contributed by atoms with E-state index in [9.17, 15) is 4.79 Å². The number of nitrogens with zero attached hydrogens (tertiary/aromatic N) is 3. The second-order valence-electron chi connectivity index (χ2n) is 8.43. The van der Waals surface area contributed by atoms with Gasteiger partial charge in [0.25, 0.3) is 5.91 Å². The number of hydrogen-bond donors (Lipinski definition) is 0. The van der Waals surface area contributed by atoms with Crippen molar-refractivity contribution in [3.63, 3.8) is 0 Å². The summed E-state index contributed by atoms with van der Waals surface area (Å²) in [5.74, 6) is 2.04. The van der Waals surface area contributed by atoms with Crippen molar-refractivity contribution in [2.45, 2.75) is 46.6 Å². The summed E-state index contributed by atoms with van der Waals surface area (Å²) in [5.41, 5.74) is 2.58. The molecule has 1 amide bonds. The van der Waals surface area contributed by atoms with Crippen LogP contribution in [0.5, 0.6) is 11.5 Å². The molecule has 0 aliphatic carbocycles. The zero-order valence-electron chi connectivity index (χ0n) is 18.9. The molecule has 2 aromatic heterocycles. The molecule has 0 atom stereocenters. The topological polar surface area (TPSA) is 64.5 Å². The van der Waals surface area contributed by atoms with Gasteiger partial charge < -0.3 is 14.4 Å². The van der Waals surface area contributed by atoms with E-state index in [2.05, 4.69) is 20.8 Å². The summed E-state index contributed by atoms with van der Waals surface area (Å²) in [4.78, 5) is 26.0. The van der Waals surface area contributed by atoms with E-state index in [4.69, 9.17) is 19.4 Å². The van der Waals surface area contributed by atoms with E-state index in [1.807, 2.05) is 32.0 Å². The Labute approximate surface area is 181 Å². The average molecular weight is 428 g/mol. The van der Waals surface area contributed by atoms with Gasteiger partial charge in [-0.2, -0.15) is 0 Å². The second-order valence-corrected chi connectivity index (χ2v) is 9.43. The van der Waals surface area contributed by atoms with E-state index in [1.165, 1.54) is 11.3 Å². The first-order valence-corrected chi connectivity index (χ1v) is 10.6. The van der Waals surface area contributed by atoms with Crippen molar-refractivity contribution in [2.24, 2.45) is 0 Å². The molecule has 6 nitrogen and oxygen atoms in total. The number of thiophene rings is 1. The number of hydrogen-bond acceptors (Lipinski definition) is 6. The SMILES string of the molecule is COc1cccc(CN(C)C(=O)c2sc3nc(C(C)(C)C)nc(C)c3c2C)c1OC. The summed E-state index contributed by atoms with van der Waals surface area (Å²) in [7, 11) is 5.00. The average Bonchev–Trinajstić information content (AvgIpc) is 3.03. The highest BCUT2D eigenvalue weighted by Crippen LogP contribution is 2.35. The summed E-state index contributed by atoms with van der Waals surface area (Å²) in [6.07, 6.45) is 0. The Bertz CT molecular complexity index is 1100. The summed E-state index contributed by atoms with van der Waals surface area (Å²) >= 11 is 1.43. The van der Waals surface area contributed by atoms with Crippen LogP contribution in [-0.2, 0) is 12.0 Å². The van der Waals surface area contributed by atoms with Crippen molar-refractivity contribution < 1.29 is 14.3 Å². The number of carbonyl (C=O) groups excluding carboxylic acids is 1. The van der Waals surface area contributed by atoms with Crippen LogP contribution in [0.1, 0.15) is 53.1 Å². The number of carbonyl (C=O) groups is 1. The molecule has 3 rings (SSSR count). The van der Waals surface area contributed by atoms with Gasteiger partial charge in [-0.25, -0.2) is 9.97 Å². The Balaban J connectivity index is 1.97. The van der Waals surface area contributed by atoms with Crippen molar-refractivity contribution >= 4 is 27.5 Å². The van der Waals surface area contributed by atoms with E-state index < -0.39 is 0 Å². The molecule has 0 bridgehead atoms. The first-order chi connectivity index (χ1) is 14.1. The highest BCUT2D eigenvalue weighted by molar-refractivity contribution is 7.20. The van der Waals surface area contributed by atoms with E-state index in [1.54, 1.807) is 26.2 Å². The summed E-state index contributed by atoms with van der Waals surface area (Å²) in [5, 5.41) is 0.976.